The summed E-state index contributed by atoms with van der Waals surface area (Å²) >= 11 is 0. The topological polar surface area (TPSA) is 160 Å². The molecule has 1 aromatic carbocycles. The molecule has 0 aliphatic carbocycles. The van der Waals surface area contributed by atoms with Gasteiger partial charge >= 0.3 is 11.9 Å². The third-order valence-electron chi connectivity index (χ3n) is 3.47. The Hall–Kier alpha value is -3.59. The van der Waals surface area contributed by atoms with E-state index in [4.69, 9.17) is 5.11 Å². The van der Waals surface area contributed by atoms with Crippen LogP contribution < -0.4 is 10.4 Å². The molecule has 0 fully saturated rings. The number of carboxylic acid groups (broad SMARTS) is 2. The van der Waals surface area contributed by atoms with E-state index < -0.39 is 24.2 Å². The predicted octanol–water partition coefficient (Wildman–Crippen LogP) is 2.31. The van der Waals surface area contributed by atoms with Gasteiger partial charge in [0.05, 0.1) is 5.52 Å². The van der Waals surface area contributed by atoms with Gasteiger partial charge in [-0.1, -0.05) is 17.9 Å². The van der Waals surface area contributed by atoms with Gasteiger partial charge < -0.3 is 20.6 Å². The molecule has 146 valence electrons. The fourth-order valence-corrected chi connectivity index (χ4v) is 2.28. The molecule has 0 spiro atoms. The SMILES string of the molecule is O=C(O)CNc1nc2c(N=Nc3ccccn3)ccc([O-])c2cc1C(=O)O.[Ni]. The summed E-state index contributed by atoms with van der Waals surface area (Å²) in [5.41, 5.74) is -0.00898. The average Bonchev–Trinajstić information content (AvgIpc) is 2.66. The summed E-state index contributed by atoms with van der Waals surface area (Å²) < 4.78 is 0. The Morgan fingerprint density at radius 3 is 2.57 bits per heavy atom. The number of pyridine rings is 2. The third kappa shape index (κ3) is 4.57. The Bertz CT molecular complexity index is 1060. The minimum Gasteiger partial charge on any atom is -0.872 e. The molecule has 2 aromatic heterocycles. The molecule has 0 aliphatic rings. The van der Waals surface area contributed by atoms with Crippen LogP contribution in [0.1, 0.15) is 10.4 Å². The molecule has 11 heteroatoms. The van der Waals surface area contributed by atoms with Crippen LogP contribution in [0.5, 0.6) is 5.75 Å². The average molecular weight is 425 g/mol. The standard InChI is InChI=1S/C17H13N5O5.Ni/c23-12-5-4-11(21-22-13-3-1-2-6-18-13)15-9(12)7-10(17(26)27)16(20-15)19-8-14(24)25;/h1-7,23H,8H2,(H,19,20)(H,24,25)(H,26,27);/p-1. The van der Waals surface area contributed by atoms with Crippen molar-refractivity contribution in [3.8, 4) is 5.75 Å². The summed E-state index contributed by atoms with van der Waals surface area (Å²) in [6, 6.07) is 8.83. The van der Waals surface area contributed by atoms with Crippen LogP contribution in [-0.2, 0) is 21.3 Å². The van der Waals surface area contributed by atoms with Crippen LogP contribution in [-0.4, -0.2) is 38.7 Å². The van der Waals surface area contributed by atoms with Crippen LogP contribution in [0.2, 0.25) is 0 Å². The van der Waals surface area contributed by atoms with Gasteiger partial charge in [0, 0.05) is 22.7 Å². The van der Waals surface area contributed by atoms with Gasteiger partial charge in [-0.15, -0.1) is 10.2 Å². The summed E-state index contributed by atoms with van der Waals surface area (Å²) in [5, 5.41) is 40.7. The van der Waals surface area contributed by atoms with Gasteiger partial charge in [0.1, 0.15) is 23.6 Å². The van der Waals surface area contributed by atoms with E-state index in [-0.39, 0.29) is 44.5 Å². The number of anilines is 1. The van der Waals surface area contributed by atoms with Gasteiger partial charge in [0.2, 0.25) is 0 Å². The van der Waals surface area contributed by atoms with Crippen molar-refractivity contribution in [2.75, 3.05) is 11.9 Å². The fraction of sp³-hybridized carbons (Fsp3) is 0.0588. The summed E-state index contributed by atoms with van der Waals surface area (Å²) in [4.78, 5) is 30.3. The number of aromatic nitrogens is 2. The van der Waals surface area contributed by atoms with Gasteiger partial charge in [0.15, 0.2) is 5.82 Å². The van der Waals surface area contributed by atoms with E-state index in [9.17, 15) is 19.8 Å². The van der Waals surface area contributed by atoms with Crippen molar-refractivity contribution < 1.29 is 41.4 Å². The fourth-order valence-electron chi connectivity index (χ4n) is 2.28. The van der Waals surface area contributed by atoms with Gasteiger partial charge in [-0.2, -0.15) is 0 Å². The van der Waals surface area contributed by atoms with Crippen LogP contribution in [0.25, 0.3) is 10.9 Å². The van der Waals surface area contributed by atoms with E-state index in [1.165, 1.54) is 12.1 Å². The van der Waals surface area contributed by atoms with Crippen molar-refractivity contribution in [2.24, 2.45) is 10.2 Å². The molecule has 0 amide bonds. The van der Waals surface area contributed by atoms with Gasteiger partial charge in [-0.25, -0.2) is 14.8 Å². The first-order valence-electron chi connectivity index (χ1n) is 7.62. The van der Waals surface area contributed by atoms with Crippen LogP contribution in [0.4, 0.5) is 17.3 Å². The number of fused-ring (bicyclic) bond motifs is 1. The van der Waals surface area contributed by atoms with Gasteiger partial charge in [-0.05, 0) is 29.7 Å². The monoisotopic (exact) mass is 424 g/mol. The van der Waals surface area contributed by atoms with Crippen LogP contribution in [0.3, 0.4) is 0 Å². The Kier molecular flexibility index (Phi) is 6.57. The van der Waals surface area contributed by atoms with E-state index in [2.05, 4.69) is 25.5 Å². The summed E-state index contributed by atoms with van der Waals surface area (Å²) in [5.74, 6) is -2.83. The molecule has 2 heterocycles. The second-order valence-electron chi connectivity index (χ2n) is 5.30. The molecule has 0 atom stereocenters. The van der Waals surface area contributed by atoms with Gasteiger partial charge in [-0.3, -0.25) is 4.79 Å². The number of rotatable bonds is 6. The molecule has 0 radical (unpaired) electrons. The number of nitrogens with one attached hydrogen (secondary N) is 1. The summed E-state index contributed by atoms with van der Waals surface area (Å²) in [6.07, 6.45) is 1.54. The van der Waals surface area contributed by atoms with Crippen molar-refractivity contribution in [2.45, 2.75) is 0 Å². The maximum Gasteiger partial charge on any atom is 0.339 e. The summed E-state index contributed by atoms with van der Waals surface area (Å²) in [7, 11) is 0. The molecule has 0 saturated heterocycles. The summed E-state index contributed by atoms with van der Waals surface area (Å²) in [6.45, 7) is -0.541. The van der Waals surface area contributed by atoms with Crippen molar-refractivity contribution in [1.29, 1.82) is 0 Å². The maximum absolute atomic E-state index is 12.1. The molecule has 3 rings (SSSR count). The largest absolute Gasteiger partial charge is 0.872 e. The Balaban J connectivity index is 0.00000280. The number of nitrogens with zero attached hydrogens (tertiary/aromatic N) is 4. The second-order valence-corrected chi connectivity index (χ2v) is 5.30. The minimum atomic E-state index is -1.35. The molecule has 0 saturated carbocycles. The molecule has 0 aliphatic heterocycles. The number of carboxylic acids is 2. The maximum atomic E-state index is 12.1. The number of hydrogen-bond acceptors (Lipinski definition) is 8. The first kappa shape index (κ1) is 20.7. The Morgan fingerprint density at radius 1 is 1.14 bits per heavy atom. The van der Waals surface area contributed by atoms with Crippen molar-refractivity contribution >= 4 is 40.2 Å². The minimum absolute atomic E-state index is 0. The molecule has 0 unspecified atom stereocenters. The zero-order valence-corrected chi connectivity index (χ0v) is 15.0. The van der Waals surface area contributed by atoms with E-state index in [1.54, 1.807) is 24.4 Å². The van der Waals surface area contributed by atoms with Crippen LogP contribution >= 0.6 is 0 Å². The van der Waals surface area contributed by atoms with E-state index in [0.717, 1.165) is 6.07 Å². The zero-order valence-electron chi connectivity index (χ0n) is 14.0. The smallest absolute Gasteiger partial charge is 0.339 e. The zero-order chi connectivity index (χ0) is 19.4. The number of aliphatic carboxylic acids is 1. The van der Waals surface area contributed by atoms with E-state index in [1.807, 2.05) is 0 Å². The quantitative estimate of drug-likeness (QED) is 0.401. The Labute approximate surface area is 167 Å². The van der Waals surface area contributed by atoms with E-state index >= 15 is 0 Å². The van der Waals surface area contributed by atoms with Crippen LogP contribution in [0, 0.1) is 0 Å². The molecular weight excluding hydrogens is 413 g/mol. The first-order chi connectivity index (χ1) is 13.0. The van der Waals surface area contributed by atoms with Crippen molar-refractivity contribution in [3.05, 3.63) is 48.2 Å². The molecule has 0 bridgehead atoms. The Morgan fingerprint density at radius 2 is 1.93 bits per heavy atom. The molecule has 28 heavy (non-hydrogen) atoms. The molecule has 3 aromatic rings. The van der Waals surface area contributed by atoms with Crippen molar-refractivity contribution in [1.82, 2.24) is 9.97 Å². The number of hydrogen-bond donors (Lipinski definition) is 3. The normalized spacial score (nSPS) is 10.6. The number of aromatic carboxylic acids is 1. The van der Waals surface area contributed by atoms with Gasteiger partial charge in [0.25, 0.3) is 0 Å². The van der Waals surface area contributed by atoms with Crippen LogP contribution in [0.15, 0.2) is 52.8 Å². The molecule has 10 nitrogen and oxygen atoms in total. The molecule has 3 N–H and O–H groups in total. The number of azo groups is 1. The molecular formula is C17H12N5NiO5-. The first-order valence-corrected chi connectivity index (χ1v) is 7.62. The second kappa shape index (κ2) is 8.87. The number of benzene rings is 1. The number of carbonyl (C=O) groups is 2. The van der Waals surface area contributed by atoms with E-state index in [0.29, 0.717) is 5.82 Å². The third-order valence-corrected chi connectivity index (χ3v) is 3.47. The van der Waals surface area contributed by atoms with Crippen molar-refractivity contribution in [3.63, 3.8) is 0 Å². The predicted molar refractivity (Wildman–Crippen MR) is 92.7 cm³/mol.